The lowest BCUT2D eigenvalue weighted by Crippen LogP contribution is -2.40. The number of nitrogens with zero attached hydrogens (tertiary/aromatic N) is 1. The Morgan fingerprint density at radius 2 is 2.04 bits per heavy atom. The molecule has 0 spiro atoms. The first-order chi connectivity index (χ1) is 10.9. The molecule has 1 aromatic carbocycles. The van der Waals surface area contributed by atoms with Gasteiger partial charge >= 0.3 is 0 Å². The van der Waals surface area contributed by atoms with Gasteiger partial charge < -0.3 is 10.2 Å². The van der Waals surface area contributed by atoms with Crippen molar-refractivity contribution in [2.45, 2.75) is 18.9 Å². The van der Waals surface area contributed by atoms with Gasteiger partial charge in [-0.2, -0.15) is 0 Å². The average Bonchev–Trinajstić information content (AvgIpc) is 3.02. The number of para-hydroxylation sites is 1. The molecule has 2 heterocycles. The molecule has 2 saturated heterocycles. The number of benzene rings is 1. The Labute approximate surface area is 133 Å². The molecular formula is C15H17FN2O4S. The molecule has 2 fully saturated rings. The zero-order chi connectivity index (χ0) is 16.6. The third-order valence-electron chi connectivity index (χ3n) is 4.22. The average molecular weight is 340 g/mol. The van der Waals surface area contributed by atoms with Crippen molar-refractivity contribution in [3.05, 3.63) is 30.1 Å². The molecule has 2 atom stereocenters. The van der Waals surface area contributed by atoms with Crippen LogP contribution < -0.4 is 10.2 Å². The fourth-order valence-corrected chi connectivity index (χ4v) is 4.69. The summed E-state index contributed by atoms with van der Waals surface area (Å²) in [5.74, 6) is -1.75. The maximum Gasteiger partial charge on any atom is 0.227 e. The number of hydrogen-bond donors (Lipinski definition) is 1. The van der Waals surface area contributed by atoms with Gasteiger partial charge in [-0.1, -0.05) is 12.1 Å². The largest absolute Gasteiger partial charge is 0.352 e. The van der Waals surface area contributed by atoms with Crippen LogP contribution in [0.2, 0.25) is 0 Å². The lowest BCUT2D eigenvalue weighted by Gasteiger charge is -2.18. The highest BCUT2D eigenvalue weighted by Gasteiger charge is 2.38. The molecule has 2 aliphatic rings. The second-order valence-electron chi connectivity index (χ2n) is 5.97. The monoisotopic (exact) mass is 340 g/mol. The summed E-state index contributed by atoms with van der Waals surface area (Å²) >= 11 is 0. The quantitative estimate of drug-likeness (QED) is 0.868. The van der Waals surface area contributed by atoms with Crippen molar-refractivity contribution in [3.63, 3.8) is 0 Å². The lowest BCUT2D eigenvalue weighted by molar-refractivity contribution is -0.126. The number of rotatable bonds is 3. The Morgan fingerprint density at radius 1 is 1.30 bits per heavy atom. The molecule has 0 bridgehead atoms. The molecule has 1 N–H and O–H groups in total. The summed E-state index contributed by atoms with van der Waals surface area (Å²) in [5.41, 5.74) is 0.163. The van der Waals surface area contributed by atoms with E-state index in [1.807, 2.05) is 0 Å². The standard InChI is InChI=1S/C15H17FN2O4S/c16-12-3-1-2-4-13(12)18-8-10(7-14(18)19)15(20)17-11-5-6-23(21,22)9-11/h1-4,10-11H,5-9H2,(H,17,20)/t10-,11-/m0/s1. The summed E-state index contributed by atoms with van der Waals surface area (Å²) in [7, 11) is -3.08. The van der Waals surface area contributed by atoms with E-state index in [0.29, 0.717) is 6.42 Å². The highest BCUT2D eigenvalue weighted by molar-refractivity contribution is 7.91. The summed E-state index contributed by atoms with van der Waals surface area (Å²) in [6.45, 7) is 0.102. The number of halogens is 1. The number of carbonyl (C=O) groups excluding carboxylic acids is 2. The summed E-state index contributed by atoms with van der Waals surface area (Å²) < 4.78 is 36.6. The molecule has 0 aromatic heterocycles. The van der Waals surface area contributed by atoms with Gasteiger partial charge in [0.05, 0.1) is 23.1 Å². The van der Waals surface area contributed by atoms with Crippen molar-refractivity contribution >= 4 is 27.3 Å². The summed E-state index contributed by atoms with van der Waals surface area (Å²) in [6, 6.07) is 5.52. The highest BCUT2D eigenvalue weighted by atomic mass is 32.2. The fraction of sp³-hybridized carbons (Fsp3) is 0.467. The van der Waals surface area contributed by atoms with Crippen LogP contribution in [0.3, 0.4) is 0 Å². The number of sulfone groups is 1. The summed E-state index contributed by atoms with van der Waals surface area (Å²) in [6.07, 6.45) is 0.394. The minimum Gasteiger partial charge on any atom is -0.352 e. The maximum absolute atomic E-state index is 13.8. The molecule has 0 radical (unpaired) electrons. The van der Waals surface area contributed by atoms with Gasteiger partial charge in [0.15, 0.2) is 9.84 Å². The molecule has 2 aliphatic heterocycles. The first-order valence-corrected chi connectivity index (χ1v) is 9.23. The molecule has 0 saturated carbocycles. The first-order valence-electron chi connectivity index (χ1n) is 7.41. The molecule has 8 heteroatoms. The molecule has 23 heavy (non-hydrogen) atoms. The molecule has 0 aliphatic carbocycles. The lowest BCUT2D eigenvalue weighted by atomic mass is 10.1. The predicted molar refractivity (Wildman–Crippen MR) is 82.1 cm³/mol. The van der Waals surface area contributed by atoms with E-state index in [1.165, 1.54) is 23.1 Å². The second kappa shape index (κ2) is 5.92. The minimum absolute atomic E-state index is 0.000360. The molecular weight excluding hydrogens is 323 g/mol. The fourth-order valence-electron chi connectivity index (χ4n) is 3.01. The molecule has 6 nitrogen and oxygen atoms in total. The molecule has 124 valence electrons. The minimum atomic E-state index is -3.08. The molecule has 0 unspecified atom stereocenters. The van der Waals surface area contributed by atoms with Crippen molar-refractivity contribution in [2.75, 3.05) is 23.0 Å². The third-order valence-corrected chi connectivity index (χ3v) is 5.99. The van der Waals surface area contributed by atoms with Gasteiger partial charge in [-0.15, -0.1) is 0 Å². The van der Waals surface area contributed by atoms with Crippen LogP contribution >= 0.6 is 0 Å². The van der Waals surface area contributed by atoms with E-state index in [4.69, 9.17) is 0 Å². The van der Waals surface area contributed by atoms with E-state index < -0.39 is 27.6 Å². The topological polar surface area (TPSA) is 83.5 Å². The van der Waals surface area contributed by atoms with Crippen LogP contribution in [0.1, 0.15) is 12.8 Å². The highest BCUT2D eigenvalue weighted by Crippen LogP contribution is 2.27. The van der Waals surface area contributed by atoms with Gasteiger partial charge in [0, 0.05) is 19.0 Å². The van der Waals surface area contributed by atoms with Crippen LogP contribution in [0, 0.1) is 11.7 Å². The molecule has 3 rings (SSSR count). The van der Waals surface area contributed by atoms with Gasteiger partial charge in [0.1, 0.15) is 5.82 Å². The zero-order valence-electron chi connectivity index (χ0n) is 12.4. The SMILES string of the molecule is O=C(N[C@H]1CCS(=O)(=O)C1)[C@H]1CC(=O)N(c2ccccc2F)C1. The van der Waals surface area contributed by atoms with E-state index >= 15 is 0 Å². The Hall–Kier alpha value is -1.96. The van der Waals surface area contributed by atoms with Crippen LogP contribution in [0.15, 0.2) is 24.3 Å². The van der Waals surface area contributed by atoms with Crippen LogP contribution in [0.4, 0.5) is 10.1 Å². The van der Waals surface area contributed by atoms with Crippen LogP contribution in [0.5, 0.6) is 0 Å². The number of nitrogens with one attached hydrogen (secondary N) is 1. The summed E-state index contributed by atoms with van der Waals surface area (Å²) in [4.78, 5) is 25.6. The van der Waals surface area contributed by atoms with Gasteiger partial charge in [-0.3, -0.25) is 9.59 Å². The number of hydrogen-bond acceptors (Lipinski definition) is 4. The molecule has 2 amide bonds. The van der Waals surface area contributed by atoms with Crippen molar-refractivity contribution in [1.82, 2.24) is 5.32 Å². The van der Waals surface area contributed by atoms with E-state index in [1.54, 1.807) is 6.07 Å². The van der Waals surface area contributed by atoms with Crippen molar-refractivity contribution in [2.24, 2.45) is 5.92 Å². The van der Waals surface area contributed by atoms with Gasteiger partial charge in [0.2, 0.25) is 11.8 Å². The smallest absolute Gasteiger partial charge is 0.227 e. The van der Waals surface area contributed by atoms with Crippen molar-refractivity contribution in [1.29, 1.82) is 0 Å². The number of amides is 2. The van der Waals surface area contributed by atoms with Crippen molar-refractivity contribution in [3.8, 4) is 0 Å². The maximum atomic E-state index is 13.8. The van der Waals surface area contributed by atoms with Crippen LogP contribution in [-0.4, -0.2) is 44.3 Å². The Morgan fingerprint density at radius 3 is 2.70 bits per heavy atom. The van der Waals surface area contributed by atoms with Gasteiger partial charge in [-0.05, 0) is 18.6 Å². The van der Waals surface area contributed by atoms with Crippen LogP contribution in [0.25, 0.3) is 0 Å². The van der Waals surface area contributed by atoms with E-state index in [-0.39, 0.29) is 42.0 Å². The Bertz CT molecular complexity index is 750. The molecule has 1 aromatic rings. The predicted octanol–water partition coefficient (Wildman–Crippen LogP) is 0.482. The van der Waals surface area contributed by atoms with Crippen molar-refractivity contribution < 1.29 is 22.4 Å². The van der Waals surface area contributed by atoms with E-state index in [0.717, 1.165) is 0 Å². The van der Waals surface area contributed by atoms with E-state index in [9.17, 15) is 22.4 Å². The Kier molecular flexibility index (Phi) is 4.09. The normalized spacial score (nSPS) is 26.5. The second-order valence-corrected chi connectivity index (χ2v) is 8.19. The summed E-state index contributed by atoms with van der Waals surface area (Å²) in [5, 5.41) is 2.69. The van der Waals surface area contributed by atoms with Gasteiger partial charge in [0.25, 0.3) is 0 Å². The Balaban J connectivity index is 1.66. The third kappa shape index (κ3) is 3.36. The number of anilines is 1. The van der Waals surface area contributed by atoms with Gasteiger partial charge in [-0.25, -0.2) is 12.8 Å². The first kappa shape index (κ1) is 15.9. The number of carbonyl (C=O) groups is 2. The van der Waals surface area contributed by atoms with E-state index in [2.05, 4.69) is 5.32 Å². The zero-order valence-corrected chi connectivity index (χ0v) is 13.2. The van der Waals surface area contributed by atoms with Crippen LogP contribution in [-0.2, 0) is 19.4 Å².